The Kier molecular flexibility index (Phi) is 7.34. The molecule has 0 aromatic heterocycles. The van der Waals surface area contributed by atoms with E-state index in [1.807, 2.05) is 6.26 Å². The van der Waals surface area contributed by atoms with E-state index in [9.17, 15) is 9.90 Å². The molecule has 0 bridgehead atoms. The molecule has 1 saturated heterocycles. The number of rotatable bonds is 7. The third-order valence-corrected chi connectivity index (χ3v) is 4.69. The van der Waals surface area contributed by atoms with Crippen molar-refractivity contribution in [1.29, 1.82) is 0 Å². The molecule has 5 heteroatoms. The first-order valence-corrected chi connectivity index (χ1v) is 9.00. The molecule has 4 nitrogen and oxygen atoms in total. The summed E-state index contributed by atoms with van der Waals surface area (Å²) in [4.78, 5) is 14.8. The molecule has 118 valence electrons. The van der Waals surface area contributed by atoms with Crippen molar-refractivity contribution in [2.45, 2.75) is 51.7 Å². The molecule has 1 amide bonds. The zero-order valence-corrected chi connectivity index (χ0v) is 14.1. The molecule has 0 aliphatic carbocycles. The van der Waals surface area contributed by atoms with E-state index in [4.69, 9.17) is 0 Å². The highest BCUT2D eigenvalue weighted by Crippen LogP contribution is 2.18. The van der Waals surface area contributed by atoms with Crippen molar-refractivity contribution in [2.75, 3.05) is 31.6 Å². The number of piperidine rings is 1. The average Bonchev–Trinajstić information content (AvgIpc) is 2.37. The van der Waals surface area contributed by atoms with Gasteiger partial charge in [0.25, 0.3) is 0 Å². The normalized spacial score (nSPS) is 21.5. The van der Waals surface area contributed by atoms with Crippen LogP contribution >= 0.6 is 11.8 Å². The molecule has 0 spiro atoms. The lowest BCUT2D eigenvalue weighted by Crippen LogP contribution is -2.54. The van der Waals surface area contributed by atoms with E-state index in [-0.39, 0.29) is 11.9 Å². The minimum atomic E-state index is -0.835. The van der Waals surface area contributed by atoms with Crippen molar-refractivity contribution in [1.82, 2.24) is 10.2 Å². The largest absolute Gasteiger partial charge is 0.387 e. The lowest BCUT2D eigenvalue weighted by atomic mass is 9.98. The third-order valence-electron chi connectivity index (χ3n) is 3.78. The minimum Gasteiger partial charge on any atom is -0.387 e. The van der Waals surface area contributed by atoms with Gasteiger partial charge in [-0.3, -0.25) is 9.69 Å². The van der Waals surface area contributed by atoms with Crippen LogP contribution in [0.25, 0.3) is 0 Å². The van der Waals surface area contributed by atoms with Crippen LogP contribution in [-0.4, -0.2) is 59.2 Å². The summed E-state index contributed by atoms with van der Waals surface area (Å²) in [6, 6.07) is -0.0691. The summed E-state index contributed by atoms with van der Waals surface area (Å²) >= 11 is 1.59. The SMILES string of the molecule is CSC[C@](C)(O)CNC(=O)[C@H](C(C)C)N1CCCCC1. The Hall–Kier alpha value is -0.260. The van der Waals surface area contributed by atoms with Crippen LogP contribution in [0.2, 0.25) is 0 Å². The molecule has 1 rings (SSSR count). The molecule has 0 saturated carbocycles. The fraction of sp³-hybridized carbons (Fsp3) is 0.933. The molecule has 0 aromatic carbocycles. The van der Waals surface area contributed by atoms with Gasteiger partial charge >= 0.3 is 0 Å². The number of nitrogens with zero attached hydrogens (tertiary/aromatic N) is 1. The van der Waals surface area contributed by atoms with Gasteiger partial charge in [0.1, 0.15) is 0 Å². The van der Waals surface area contributed by atoms with Crippen LogP contribution in [0, 0.1) is 5.92 Å². The van der Waals surface area contributed by atoms with Gasteiger partial charge in [0, 0.05) is 12.3 Å². The zero-order chi connectivity index (χ0) is 15.2. The first-order valence-electron chi connectivity index (χ1n) is 7.60. The van der Waals surface area contributed by atoms with Crippen LogP contribution < -0.4 is 5.32 Å². The minimum absolute atomic E-state index is 0.0586. The second-order valence-electron chi connectivity index (χ2n) is 6.43. The van der Waals surface area contributed by atoms with Crippen LogP contribution in [0.4, 0.5) is 0 Å². The molecule has 0 aromatic rings. The molecule has 1 aliphatic heterocycles. The maximum atomic E-state index is 12.5. The molecule has 2 N–H and O–H groups in total. The molecule has 2 atom stereocenters. The van der Waals surface area contributed by atoms with Gasteiger partial charge in [0.05, 0.1) is 11.6 Å². The number of aliphatic hydroxyl groups is 1. The number of carbonyl (C=O) groups is 1. The van der Waals surface area contributed by atoms with Gasteiger partial charge in [-0.2, -0.15) is 11.8 Å². The van der Waals surface area contributed by atoms with Crippen LogP contribution in [0.3, 0.4) is 0 Å². The molecule has 20 heavy (non-hydrogen) atoms. The molecule has 1 fully saturated rings. The Morgan fingerprint density at radius 3 is 2.45 bits per heavy atom. The van der Waals surface area contributed by atoms with E-state index < -0.39 is 5.60 Å². The summed E-state index contributed by atoms with van der Waals surface area (Å²) in [7, 11) is 0. The summed E-state index contributed by atoms with van der Waals surface area (Å²) in [5.41, 5.74) is -0.835. The van der Waals surface area contributed by atoms with Gasteiger partial charge in [0.15, 0.2) is 0 Å². The van der Waals surface area contributed by atoms with E-state index in [2.05, 4.69) is 24.1 Å². The van der Waals surface area contributed by atoms with Gasteiger partial charge in [-0.05, 0) is 45.0 Å². The lowest BCUT2D eigenvalue weighted by Gasteiger charge is -2.36. The van der Waals surface area contributed by atoms with Gasteiger partial charge in [0.2, 0.25) is 5.91 Å². The van der Waals surface area contributed by atoms with Crippen molar-refractivity contribution >= 4 is 17.7 Å². The summed E-state index contributed by atoms with van der Waals surface area (Å²) in [6.45, 7) is 8.31. The number of carbonyl (C=O) groups excluding carboxylic acids is 1. The van der Waals surface area contributed by atoms with Gasteiger partial charge < -0.3 is 10.4 Å². The van der Waals surface area contributed by atoms with Crippen molar-refractivity contribution in [3.8, 4) is 0 Å². The van der Waals surface area contributed by atoms with E-state index in [1.165, 1.54) is 19.3 Å². The van der Waals surface area contributed by atoms with Crippen molar-refractivity contribution in [3.05, 3.63) is 0 Å². The topological polar surface area (TPSA) is 52.6 Å². The summed E-state index contributed by atoms with van der Waals surface area (Å²) < 4.78 is 0. The highest BCUT2D eigenvalue weighted by Gasteiger charge is 2.31. The van der Waals surface area contributed by atoms with E-state index in [1.54, 1.807) is 18.7 Å². The van der Waals surface area contributed by atoms with Crippen molar-refractivity contribution < 1.29 is 9.90 Å². The van der Waals surface area contributed by atoms with Crippen molar-refractivity contribution in [2.24, 2.45) is 5.92 Å². The first kappa shape index (κ1) is 17.8. The molecule has 1 aliphatic rings. The monoisotopic (exact) mass is 302 g/mol. The van der Waals surface area contributed by atoms with Crippen LogP contribution in [0.1, 0.15) is 40.0 Å². The van der Waals surface area contributed by atoms with E-state index in [0.717, 1.165) is 13.1 Å². The molecular weight excluding hydrogens is 272 g/mol. The average molecular weight is 302 g/mol. The van der Waals surface area contributed by atoms with Crippen LogP contribution in [0.15, 0.2) is 0 Å². The number of nitrogens with one attached hydrogen (secondary N) is 1. The smallest absolute Gasteiger partial charge is 0.237 e. The van der Waals surface area contributed by atoms with Crippen LogP contribution in [-0.2, 0) is 4.79 Å². The highest BCUT2D eigenvalue weighted by molar-refractivity contribution is 7.98. The number of thioether (sulfide) groups is 1. The predicted octanol–water partition coefficient (Wildman–Crippen LogP) is 1.73. The van der Waals surface area contributed by atoms with E-state index >= 15 is 0 Å². The number of amides is 1. The summed E-state index contributed by atoms with van der Waals surface area (Å²) in [5, 5.41) is 13.1. The molecule has 0 radical (unpaired) electrons. The lowest BCUT2D eigenvalue weighted by molar-refractivity contribution is -0.129. The Labute approximate surface area is 127 Å². The molecular formula is C15H30N2O2S. The Bertz CT molecular complexity index is 302. The third kappa shape index (κ3) is 5.62. The van der Waals surface area contributed by atoms with E-state index in [0.29, 0.717) is 18.2 Å². The molecule has 0 unspecified atom stereocenters. The quantitative estimate of drug-likeness (QED) is 0.752. The Morgan fingerprint density at radius 2 is 1.95 bits per heavy atom. The van der Waals surface area contributed by atoms with Crippen LogP contribution in [0.5, 0.6) is 0 Å². The Morgan fingerprint density at radius 1 is 1.35 bits per heavy atom. The van der Waals surface area contributed by atoms with Crippen molar-refractivity contribution in [3.63, 3.8) is 0 Å². The maximum Gasteiger partial charge on any atom is 0.237 e. The number of likely N-dealkylation sites (tertiary alicyclic amines) is 1. The zero-order valence-electron chi connectivity index (χ0n) is 13.3. The molecule has 1 heterocycles. The Balaban J connectivity index is 2.56. The number of hydrogen-bond donors (Lipinski definition) is 2. The number of hydrogen-bond acceptors (Lipinski definition) is 4. The van der Waals surface area contributed by atoms with Gasteiger partial charge in [-0.15, -0.1) is 0 Å². The first-order chi connectivity index (χ1) is 9.37. The fourth-order valence-corrected chi connectivity index (χ4v) is 3.55. The highest BCUT2D eigenvalue weighted by atomic mass is 32.2. The second-order valence-corrected chi connectivity index (χ2v) is 7.30. The summed E-state index contributed by atoms with van der Waals surface area (Å²) in [5.74, 6) is 0.977. The summed E-state index contributed by atoms with van der Waals surface area (Å²) in [6.07, 6.45) is 5.59. The second kappa shape index (κ2) is 8.25. The standard InChI is InChI=1S/C15H30N2O2S/c1-12(2)13(17-8-6-5-7-9-17)14(18)16-10-15(3,19)11-20-4/h12-13,19H,5-11H2,1-4H3,(H,16,18)/t13-,15+/m0/s1. The predicted molar refractivity (Wildman–Crippen MR) is 86.1 cm³/mol. The maximum absolute atomic E-state index is 12.5. The fourth-order valence-electron chi connectivity index (χ4n) is 2.83. The van der Waals surface area contributed by atoms with Gasteiger partial charge in [-0.1, -0.05) is 20.3 Å². The van der Waals surface area contributed by atoms with Gasteiger partial charge in [-0.25, -0.2) is 0 Å².